The Morgan fingerprint density at radius 3 is 2.03 bits per heavy atom. The van der Waals surface area contributed by atoms with E-state index in [0.717, 1.165) is 53.7 Å². The monoisotopic (exact) mass is 390 g/mol. The van der Waals surface area contributed by atoms with E-state index >= 15 is 0 Å². The van der Waals surface area contributed by atoms with Gasteiger partial charge in [-0.3, -0.25) is 4.79 Å². The molecule has 0 bridgehead atoms. The van der Waals surface area contributed by atoms with E-state index in [0.29, 0.717) is 0 Å². The van der Waals surface area contributed by atoms with Crippen LogP contribution in [-0.2, 0) is 14.9 Å². The van der Waals surface area contributed by atoms with Crippen molar-refractivity contribution < 1.29 is 14.6 Å². The average Bonchev–Trinajstić information content (AvgIpc) is 3.56. The molecule has 1 N–H and O–H groups in total. The number of carboxylic acid groups (broad SMARTS) is 1. The Morgan fingerprint density at radius 1 is 1.07 bits per heavy atom. The lowest BCUT2D eigenvalue weighted by Gasteiger charge is -2.15. The molecule has 2 aromatic rings. The third-order valence-electron chi connectivity index (χ3n) is 6.01. The van der Waals surface area contributed by atoms with Gasteiger partial charge in [-0.25, -0.2) is 0 Å². The van der Waals surface area contributed by atoms with Gasteiger partial charge in [-0.05, 0) is 61.8 Å². The SMILES string of the molecule is CC=C(C)CC(CC)=C(OC)c1ccc(-c2ccc(C3(C(=O)O)CC3)cc2)cc1. The third-order valence-corrected chi connectivity index (χ3v) is 6.01. The molecular weight excluding hydrogens is 360 g/mol. The van der Waals surface area contributed by atoms with Crippen molar-refractivity contribution in [2.24, 2.45) is 0 Å². The maximum Gasteiger partial charge on any atom is 0.314 e. The molecule has 3 nitrogen and oxygen atoms in total. The minimum atomic E-state index is -0.714. The van der Waals surface area contributed by atoms with Crippen LogP contribution < -0.4 is 0 Å². The summed E-state index contributed by atoms with van der Waals surface area (Å²) >= 11 is 0. The van der Waals surface area contributed by atoms with E-state index in [9.17, 15) is 9.90 Å². The Bertz CT molecular complexity index is 927. The molecule has 0 saturated heterocycles. The molecule has 1 aliphatic rings. The van der Waals surface area contributed by atoms with E-state index < -0.39 is 11.4 Å². The fourth-order valence-electron chi connectivity index (χ4n) is 3.82. The molecule has 1 fully saturated rings. The maximum absolute atomic E-state index is 11.5. The summed E-state index contributed by atoms with van der Waals surface area (Å²) < 4.78 is 5.76. The molecule has 1 aliphatic carbocycles. The van der Waals surface area contributed by atoms with Crippen molar-refractivity contribution in [2.75, 3.05) is 7.11 Å². The Kier molecular flexibility index (Phi) is 6.26. The zero-order valence-electron chi connectivity index (χ0n) is 17.8. The summed E-state index contributed by atoms with van der Waals surface area (Å²) in [7, 11) is 1.73. The van der Waals surface area contributed by atoms with E-state index in [-0.39, 0.29) is 0 Å². The predicted molar refractivity (Wildman–Crippen MR) is 119 cm³/mol. The number of carbonyl (C=O) groups is 1. The van der Waals surface area contributed by atoms with Crippen LogP contribution in [-0.4, -0.2) is 18.2 Å². The van der Waals surface area contributed by atoms with Gasteiger partial charge in [0, 0.05) is 5.56 Å². The van der Waals surface area contributed by atoms with Gasteiger partial charge in [-0.15, -0.1) is 0 Å². The normalized spacial score (nSPS) is 16.2. The summed E-state index contributed by atoms with van der Waals surface area (Å²) in [5, 5.41) is 9.47. The lowest BCUT2D eigenvalue weighted by molar-refractivity contribution is -0.140. The number of rotatable bonds is 8. The number of hydrogen-bond acceptors (Lipinski definition) is 2. The number of benzene rings is 2. The van der Waals surface area contributed by atoms with Gasteiger partial charge in [0.1, 0.15) is 5.76 Å². The van der Waals surface area contributed by atoms with Gasteiger partial charge in [0.2, 0.25) is 0 Å². The van der Waals surface area contributed by atoms with Gasteiger partial charge in [-0.1, -0.05) is 67.1 Å². The van der Waals surface area contributed by atoms with Crippen molar-refractivity contribution in [3.8, 4) is 11.1 Å². The second-order valence-corrected chi connectivity index (χ2v) is 7.84. The Morgan fingerprint density at radius 2 is 1.62 bits per heavy atom. The lowest BCUT2D eigenvalue weighted by atomic mass is 9.93. The van der Waals surface area contributed by atoms with E-state index in [4.69, 9.17) is 4.74 Å². The van der Waals surface area contributed by atoms with E-state index in [1.54, 1.807) is 7.11 Å². The van der Waals surface area contributed by atoms with Gasteiger partial charge in [-0.2, -0.15) is 0 Å². The van der Waals surface area contributed by atoms with Crippen molar-refractivity contribution in [3.05, 3.63) is 76.9 Å². The molecule has 0 aromatic heterocycles. The van der Waals surface area contributed by atoms with Crippen LogP contribution >= 0.6 is 0 Å². The number of ether oxygens (including phenoxy) is 1. The summed E-state index contributed by atoms with van der Waals surface area (Å²) in [5.74, 6) is 0.237. The summed E-state index contributed by atoms with van der Waals surface area (Å²) in [4.78, 5) is 11.5. The molecule has 0 aliphatic heterocycles. The van der Waals surface area contributed by atoms with Crippen LogP contribution in [0.15, 0.2) is 65.8 Å². The van der Waals surface area contributed by atoms with Gasteiger partial charge < -0.3 is 9.84 Å². The Balaban J connectivity index is 1.85. The molecule has 3 heteroatoms. The third kappa shape index (κ3) is 4.29. The molecule has 0 unspecified atom stereocenters. The van der Waals surface area contributed by atoms with Crippen LogP contribution in [0.3, 0.4) is 0 Å². The summed E-state index contributed by atoms with van der Waals surface area (Å²) in [5.41, 5.74) is 6.16. The fourth-order valence-corrected chi connectivity index (χ4v) is 3.82. The van der Waals surface area contributed by atoms with Crippen LogP contribution in [0.4, 0.5) is 0 Å². The molecule has 0 amide bonds. The first kappa shape index (κ1) is 20.9. The minimum Gasteiger partial charge on any atom is -0.496 e. The highest BCUT2D eigenvalue weighted by atomic mass is 16.5. The topological polar surface area (TPSA) is 46.5 Å². The van der Waals surface area contributed by atoms with E-state index in [1.807, 2.05) is 24.3 Å². The number of hydrogen-bond donors (Lipinski definition) is 1. The number of aliphatic carboxylic acids is 1. The molecule has 0 radical (unpaired) electrons. The van der Waals surface area contributed by atoms with Gasteiger partial charge in [0.05, 0.1) is 12.5 Å². The maximum atomic E-state index is 11.5. The summed E-state index contributed by atoms with van der Waals surface area (Å²) in [6.07, 6.45) is 5.48. The van der Waals surface area contributed by atoms with E-state index in [1.165, 1.54) is 11.1 Å². The molecule has 2 aromatic carbocycles. The second kappa shape index (κ2) is 8.69. The molecule has 0 atom stereocenters. The standard InChI is InChI=1S/C26H30O3/c1-5-18(3)17-19(6-2)24(29-4)22-9-7-20(8-10-22)21-11-13-23(14-12-21)26(15-16-26)25(27)28/h5,7-14H,6,15-17H2,1-4H3,(H,27,28). The molecule has 0 spiro atoms. The lowest BCUT2D eigenvalue weighted by Crippen LogP contribution is -2.19. The van der Waals surface area contributed by atoms with Crippen molar-refractivity contribution >= 4 is 11.7 Å². The van der Waals surface area contributed by atoms with Crippen LogP contribution in [0.2, 0.25) is 0 Å². The predicted octanol–water partition coefficient (Wildman–Crippen LogP) is 6.59. The highest BCUT2D eigenvalue weighted by Crippen LogP contribution is 2.48. The number of carboxylic acids is 1. The molecular formula is C26H30O3. The molecule has 0 heterocycles. The van der Waals surface area contributed by atoms with Crippen LogP contribution in [0, 0.1) is 0 Å². The quantitative estimate of drug-likeness (QED) is 0.408. The van der Waals surface area contributed by atoms with Crippen molar-refractivity contribution in [1.82, 2.24) is 0 Å². The Hall–Kier alpha value is -2.81. The van der Waals surface area contributed by atoms with Gasteiger partial charge in [0.15, 0.2) is 0 Å². The highest BCUT2D eigenvalue weighted by Gasteiger charge is 2.51. The molecule has 1 saturated carbocycles. The number of methoxy groups -OCH3 is 1. The average molecular weight is 391 g/mol. The zero-order valence-corrected chi connectivity index (χ0v) is 17.8. The Labute approximate surface area is 173 Å². The van der Waals surface area contributed by atoms with Crippen molar-refractivity contribution in [3.63, 3.8) is 0 Å². The minimum absolute atomic E-state index is 0.651. The highest BCUT2D eigenvalue weighted by molar-refractivity contribution is 5.85. The first-order valence-electron chi connectivity index (χ1n) is 10.3. The van der Waals surface area contributed by atoms with Crippen molar-refractivity contribution in [1.29, 1.82) is 0 Å². The molecule has 3 rings (SSSR count). The van der Waals surface area contributed by atoms with Gasteiger partial charge >= 0.3 is 5.97 Å². The summed E-state index contributed by atoms with van der Waals surface area (Å²) in [6, 6.07) is 16.4. The van der Waals surface area contributed by atoms with Crippen LogP contribution in [0.1, 0.15) is 57.6 Å². The number of allylic oxidation sites excluding steroid dienone is 3. The van der Waals surface area contributed by atoms with Gasteiger partial charge in [0.25, 0.3) is 0 Å². The first-order chi connectivity index (χ1) is 13.9. The second-order valence-electron chi connectivity index (χ2n) is 7.84. The van der Waals surface area contributed by atoms with E-state index in [2.05, 4.69) is 51.1 Å². The smallest absolute Gasteiger partial charge is 0.314 e. The molecule has 152 valence electrons. The van der Waals surface area contributed by atoms with Crippen LogP contribution in [0.25, 0.3) is 16.9 Å². The molecule has 29 heavy (non-hydrogen) atoms. The largest absolute Gasteiger partial charge is 0.496 e. The van der Waals surface area contributed by atoms with Crippen molar-refractivity contribution in [2.45, 2.75) is 51.9 Å². The summed E-state index contributed by atoms with van der Waals surface area (Å²) in [6.45, 7) is 6.37. The zero-order chi connectivity index (χ0) is 21.0. The fraction of sp³-hybridized carbons (Fsp3) is 0.346. The van der Waals surface area contributed by atoms with Crippen LogP contribution in [0.5, 0.6) is 0 Å². The first-order valence-corrected chi connectivity index (χ1v) is 10.3.